The maximum Gasteiger partial charge on any atom is 0.135 e. The number of anilines is 2. The minimum absolute atomic E-state index is 0.0853. The minimum Gasteiger partial charge on any atom is -0.383 e. The molecule has 0 aliphatic carbocycles. The Morgan fingerprint density at radius 3 is 2.71 bits per heavy atom. The van der Waals surface area contributed by atoms with E-state index in [4.69, 9.17) is 10.5 Å². The van der Waals surface area contributed by atoms with Crippen molar-refractivity contribution < 1.29 is 4.74 Å². The molecule has 1 aromatic heterocycles. The zero-order valence-electron chi connectivity index (χ0n) is 10.9. The average Bonchev–Trinajstić information content (AvgIpc) is 2.55. The van der Waals surface area contributed by atoms with E-state index in [2.05, 4.69) is 29.1 Å². The number of hydrogen-bond donors (Lipinski definition) is 2. The lowest BCUT2D eigenvalue weighted by Crippen LogP contribution is -2.41. The summed E-state index contributed by atoms with van der Waals surface area (Å²) >= 11 is 0. The molecule has 2 heterocycles. The summed E-state index contributed by atoms with van der Waals surface area (Å²) in [6.07, 6.45) is 1.13. The van der Waals surface area contributed by atoms with Crippen LogP contribution in [0.4, 0.5) is 11.6 Å². The largest absolute Gasteiger partial charge is 0.383 e. The van der Waals surface area contributed by atoms with Crippen LogP contribution in [0.5, 0.6) is 0 Å². The van der Waals surface area contributed by atoms with Crippen LogP contribution in [-0.4, -0.2) is 28.2 Å². The molecule has 0 aromatic carbocycles. The van der Waals surface area contributed by atoms with Crippen LogP contribution in [0, 0.1) is 13.8 Å². The second kappa shape index (κ2) is 4.14. The van der Waals surface area contributed by atoms with E-state index in [9.17, 15) is 0 Å². The van der Waals surface area contributed by atoms with E-state index in [1.807, 2.05) is 13.8 Å². The molecule has 1 aromatic rings. The average molecular weight is 236 g/mol. The molecule has 2 unspecified atom stereocenters. The van der Waals surface area contributed by atoms with Crippen LogP contribution < -0.4 is 11.1 Å². The molecule has 2 atom stereocenters. The van der Waals surface area contributed by atoms with Crippen molar-refractivity contribution in [3.05, 3.63) is 11.4 Å². The molecule has 0 saturated carbocycles. The summed E-state index contributed by atoms with van der Waals surface area (Å²) in [7, 11) is 0. The van der Waals surface area contributed by atoms with Crippen molar-refractivity contribution in [2.24, 2.45) is 0 Å². The SMILES string of the molecule is Cc1nc(N)c(C)c(NC2(C)CCOC2C)n1. The number of nitrogens with zero attached hydrogens (tertiary/aromatic N) is 2. The van der Waals surface area contributed by atoms with Crippen molar-refractivity contribution in [3.63, 3.8) is 0 Å². The smallest absolute Gasteiger partial charge is 0.135 e. The molecule has 2 rings (SSSR count). The van der Waals surface area contributed by atoms with Gasteiger partial charge in [0.15, 0.2) is 0 Å². The minimum atomic E-state index is -0.0853. The molecule has 1 fully saturated rings. The topological polar surface area (TPSA) is 73.1 Å². The number of rotatable bonds is 2. The Labute approximate surface area is 102 Å². The van der Waals surface area contributed by atoms with Crippen molar-refractivity contribution in [1.82, 2.24) is 9.97 Å². The Hall–Kier alpha value is -1.36. The van der Waals surface area contributed by atoms with Gasteiger partial charge in [0.05, 0.1) is 11.6 Å². The molecule has 94 valence electrons. The molecule has 0 spiro atoms. The molecule has 3 N–H and O–H groups in total. The van der Waals surface area contributed by atoms with Gasteiger partial charge in [0.25, 0.3) is 0 Å². The quantitative estimate of drug-likeness (QED) is 0.817. The predicted octanol–water partition coefficient (Wildman–Crippen LogP) is 1.66. The second-order valence-corrected chi connectivity index (χ2v) is 4.94. The Balaban J connectivity index is 2.30. The van der Waals surface area contributed by atoms with Gasteiger partial charge >= 0.3 is 0 Å². The zero-order chi connectivity index (χ0) is 12.6. The van der Waals surface area contributed by atoms with E-state index < -0.39 is 0 Å². The number of nitrogens with one attached hydrogen (secondary N) is 1. The number of ether oxygens (including phenoxy) is 1. The number of hydrogen-bond acceptors (Lipinski definition) is 5. The van der Waals surface area contributed by atoms with Crippen molar-refractivity contribution in [1.29, 1.82) is 0 Å². The van der Waals surface area contributed by atoms with Gasteiger partial charge in [-0.05, 0) is 34.1 Å². The van der Waals surface area contributed by atoms with Gasteiger partial charge in [0, 0.05) is 12.2 Å². The first kappa shape index (κ1) is 12.1. The lowest BCUT2D eigenvalue weighted by Gasteiger charge is -2.30. The molecule has 0 bridgehead atoms. The standard InChI is InChI=1S/C12H20N4O/c1-7-10(13)14-9(3)15-11(7)16-12(4)5-6-17-8(12)2/h8H,5-6H2,1-4H3,(H3,13,14,15,16). The van der Waals surface area contributed by atoms with Gasteiger partial charge in [-0.3, -0.25) is 0 Å². The summed E-state index contributed by atoms with van der Waals surface area (Å²) in [5.41, 5.74) is 6.66. The van der Waals surface area contributed by atoms with Crippen LogP contribution in [-0.2, 0) is 4.74 Å². The molecule has 1 saturated heterocycles. The molecular formula is C12H20N4O. The first-order valence-electron chi connectivity index (χ1n) is 5.93. The van der Waals surface area contributed by atoms with Gasteiger partial charge in [0.2, 0.25) is 0 Å². The summed E-state index contributed by atoms with van der Waals surface area (Å²) < 4.78 is 5.60. The fourth-order valence-electron chi connectivity index (χ4n) is 2.04. The number of nitrogen functional groups attached to an aromatic ring is 1. The van der Waals surface area contributed by atoms with Gasteiger partial charge in [-0.2, -0.15) is 0 Å². The van der Waals surface area contributed by atoms with Crippen molar-refractivity contribution in [2.45, 2.75) is 45.8 Å². The van der Waals surface area contributed by atoms with Gasteiger partial charge in [0.1, 0.15) is 17.5 Å². The Kier molecular flexibility index (Phi) is 2.95. The highest BCUT2D eigenvalue weighted by Crippen LogP contribution is 2.30. The van der Waals surface area contributed by atoms with E-state index in [0.717, 1.165) is 24.4 Å². The van der Waals surface area contributed by atoms with Crippen molar-refractivity contribution >= 4 is 11.6 Å². The maximum absolute atomic E-state index is 5.85. The highest BCUT2D eigenvalue weighted by Gasteiger charge is 2.37. The van der Waals surface area contributed by atoms with Gasteiger partial charge < -0.3 is 15.8 Å². The number of aryl methyl sites for hydroxylation is 1. The Bertz CT molecular complexity index is 435. The summed E-state index contributed by atoms with van der Waals surface area (Å²) in [4.78, 5) is 8.56. The van der Waals surface area contributed by atoms with E-state index in [-0.39, 0.29) is 11.6 Å². The molecule has 1 aliphatic heterocycles. The fraction of sp³-hybridized carbons (Fsp3) is 0.667. The molecule has 5 heteroatoms. The monoisotopic (exact) mass is 236 g/mol. The molecular weight excluding hydrogens is 216 g/mol. The van der Waals surface area contributed by atoms with Crippen molar-refractivity contribution in [3.8, 4) is 0 Å². The van der Waals surface area contributed by atoms with Crippen LogP contribution in [0.1, 0.15) is 31.7 Å². The molecule has 5 nitrogen and oxygen atoms in total. The Morgan fingerprint density at radius 2 is 2.12 bits per heavy atom. The summed E-state index contributed by atoms with van der Waals surface area (Å²) in [6, 6.07) is 0. The first-order valence-corrected chi connectivity index (χ1v) is 5.93. The molecule has 0 amide bonds. The fourth-order valence-corrected chi connectivity index (χ4v) is 2.04. The van der Waals surface area contributed by atoms with E-state index >= 15 is 0 Å². The Morgan fingerprint density at radius 1 is 1.41 bits per heavy atom. The zero-order valence-corrected chi connectivity index (χ0v) is 10.9. The number of nitrogens with two attached hydrogens (primary N) is 1. The lowest BCUT2D eigenvalue weighted by atomic mass is 9.94. The van der Waals surface area contributed by atoms with Crippen LogP contribution in [0.15, 0.2) is 0 Å². The highest BCUT2D eigenvalue weighted by atomic mass is 16.5. The summed E-state index contributed by atoms with van der Waals surface area (Å²) in [5, 5.41) is 3.46. The predicted molar refractivity (Wildman–Crippen MR) is 68.0 cm³/mol. The van der Waals surface area contributed by atoms with Gasteiger partial charge in [-0.1, -0.05) is 0 Å². The highest BCUT2D eigenvalue weighted by molar-refractivity contribution is 5.56. The van der Waals surface area contributed by atoms with Crippen LogP contribution in [0.3, 0.4) is 0 Å². The summed E-state index contributed by atoms with van der Waals surface area (Å²) in [6.45, 7) is 8.78. The first-order chi connectivity index (χ1) is 7.92. The second-order valence-electron chi connectivity index (χ2n) is 4.94. The molecule has 17 heavy (non-hydrogen) atoms. The van der Waals surface area contributed by atoms with Crippen LogP contribution in [0.25, 0.3) is 0 Å². The number of aromatic nitrogens is 2. The van der Waals surface area contributed by atoms with E-state index in [1.54, 1.807) is 0 Å². The maximum atomic E-state index is 5.85. The van der Waals surface area contributed by atoms with Crippen molar-refractivity contribution in [2.75, 3.05) is 17.7 Å². The lowest BCUT2D eigenvalue weighted by molar-refractivity contribution is 0.105. The third-order valence-electron chi connectivity index (χ3n) is 3.59. The van der Waals surface area contributed by atoms with Crippen LogP contribution in [0.2, 0.25) is 0 Å². The van der Waals surface area contributed by atoms with E-state index in [1.165, 1.54) is 0 Å². The molecule has 1 aliphatic rings. The third kappa shape index (κ3) is 2.20. The van der Waals surface area contributed by atoms with Gasteiger partial charge in [-0.15, -0.1) is 0 Å². The molecule has 0 radical (unpaired) electrons. The van der Waals surface area contributed by atoms with Crippen LogP contribution >= 0.6 is 0 Å². The normalized spacial score (nSPS) is 28.4. The third-order valence-corrected chi connectivity index (χ3v) is 3.59. The summed E-state index contributed by atoms with van der Waals surface area (Å²) in [5.74, 6) is 2.04. The van der Waals surface area contributed by atoms with Gasteiger partial charge in [-0.25, -0.2) is 9.97 Å². The van der Waals surface area contributed by atoms with E-state index in [0.29, 0.717) is 11.6 Å².